The normalized spacial score (nSPS) is 30.6. The van der Waals surface area contributed by atoms with Gasteiger partial charge in [-0.15, -0.1) is 0 Å². The molecule has 0 aromatic heterocycles. The van der Waals surface area contributed by atoms with E-state index in [-0.39, 0.29) is 0 Å². The maximum atomic E-state index is 3.74. The van der Waals surface area contributed by atoms with E-state index in [0.29, 0.717) is 0 Å². The molecule has 0 radical (unpaired) electrons. The zero-order chi connectivity index (χ0) is 12.9. The average Bonchev–Trinajstić information content (AvgIpc) is 3.29. The molecule has 0 aromatic rings. The number of rotatable bonds is 6. The van der Waals surface area contributed by atoms with Gasteiger partial charge in [0.15, 0.2) is 0 Å². The van der Waals surface area contributed by atoms with Gasteiger partial charge in [-0.05, 0) is 58.2 Å². The number of nitrogens with one attached hydrogen (secondary N) is 1. The summed E-state index contributed by atoms with van der Waals surface area (Å²) in [5.41, 5.74) is 0. The maximum absolute atomic E-state index is 3.74. The highest BCUT2D eigenvalue weighted by Gasteiger charge is 2.26. The van der Waals surface area contributed by atoms with Gasteiger partial charge < -0.3 is 10.2 Å². The van der Waals surface area contributed by atoms with Crippen LogP contribution in [0, 0.1) is 0 Å². The topological polar surface area (TPSA) is 18.5 Å². The van der Waals surface area contributed by atoms with E-state index >= 15 is 0 Å². The molecule has 0 amide bonds. The summed E-state index contributed by atoms with van der Waals surface area (Å²) >= 11 is 0. The Balaban J connectivity index is 1.40. The average molecular weight is 265 g/mol. The molecule has 1 atom stereocenters. The van der Waals surface area contributed by atoms with Gasteiger partial charge in [-0.25, -0.2) is 0 Å². The minimum absolute atomic E-state index is 0.819. The third kappa shape index (κ3) is 4.44. The molecular formula is C16H31N3. The maximum Gasteiger partial charge on any atom is 0.0221 e. The fraction of sp³-hybridized carbons (Fsp3) is 1.00. The Kier molecular flexibility index (Phi) is 5.14. The summed E-state index contributed by atoms with van der Waals surface area (Å²) in [6.45, 7) is 7.88. The van der Waals surface area contributed by atoms with Gasteiger partial charge in [0.1, 0.15) is 0 Å². The quantitative estimate of drug-likeness (QED) is 0.793. The van der Waals surface area contributed by atoms with Crippen molar-refractivity contribution in [3.63, 3.8) is 0 Å². The summed E-state index contributed by atoms with van der Waals surface area (Å²) in [5, 5.41) is 3.74. The number of piperidine rings is 2. The van der Waals surface area contributed by atoms with Crippen molar-refractivity contribution in [3.8, 4) is 0 Å². The fourth-order valence-corrected chi connectivity index (χ4v) is 3.63. The minimum atomic E-state index is 0.819. The Bertz CT molecular complexity index is 259. The Morgan fingerprint density at radius 3 is 2.37 bits per heavy atom. The van der Waals surface area contributed by atoms with Gasteiger partial charge in [0.25, 0.3) is 0 Å². The number of likely N-dealkylation sites (tertiary alicyclic amines) is 2. The molecule has 19 heavy (non-hydrogen) atoms. The van der Waals surface area contributed by atoms with Crippen LogP contribution in [0.2, 0.25) is 0 Å². The van der Waals surface area contributed by atoms with Crippen LogP contribution in [-0.4, -0.2) is 61.2 Å². The molecule has 110 valence electrons. The van der Waals surface area contributed by atoms with Crippen LogP contribution in [0.1, 0.15) is 51.4 Å². The summed E-state index contributed by atoms with van der Waals surface area (Å²) in [6.07, 6.45) is 11.4. The van der Waals surface area contributed by atoms with Crippen LogP contribution in [0.25, 0.3) is 0 Å². The van der Waals surface area contributed by atoms with Crippen molar-refractivity contribution >= 4 is 0 Å². The Hall–Kier alpha value is -0.120. The largest absolute Gasteiger partial charge is 0.312 e. The van der Waals surface area contributed by atoms with E-state index in [2.05, 4.69) is 15.1 Å². The van der Waals surface area contributed by atoms with Crippen LogP contribution in [0.5, 0.6) is 0 Å². The predicted molar refractivity (Wildman–Crippen MR) is 80.5 cm³/mol. The molecule has 3 fully saturated rings. The van der Waals surface area contributed by atoms with Crippen molar-refractivity contribution in [2.45, 2.75) is 63.5 Å². The van der Waals surface area contributed by atoms with Crippen molar-refractivity contribution in [2.75, 3.05) is 39.3 Å². The molecule has 2 saturated heterocycles. The Labute approximate surface area is 118 Å². The summed E-state index contributed by atoms with van der Waals surface area (Å²) in [5.74, 6) is 0. The lowest BCUT2D eigenvalue weighted by molar-refractivity contribution is 0.117. The molecular weight excluding hydrogens is 234 g/mol. The molecule has 0 aromatic carbocycles. The van der Waals surface area contributed by atoms with E-state index < -0.39 is 0 Å². The van der Waals surface area contributed by atoms with Gasteiger partial charge in [-0.1, -0.05) is 12.8 Å². The lowest BCUT2D eigenvalue weighted by Crippen LogP contribution is -2.49. The highest BCUT2D eigenvalue weighted by atomic mass is 15.2. The first-order valence-corrected chi connectivity index (χ1v) is 8.61. The molecule has 2 heterocycles. The van der Waals surface area contributed by atoms with Crippen molar-refractivity contribution in [1.29, 1.82) is 0 Å². The molecule has 0 spiro atoms. The summed E-state index contributed by atoms with van der Waals surface area (Å²) < 4.78 is 0. The third-order valence-electron chi connectivity index (χ3n) is 5.12. The lowest BCUT2D eigenvalue weighted by atomic mass is 10.0. The first-order valence-electron chi connectivity index (χ1n) is 8.61. The van der Waals surface area contributed by atoms with Crippen LogP contribution in [0.3, 0.4) is 0 Å². The monoisotopic (exact) mass is 265 g/mol. The van der Waals surface area contributed by atoms with Crippen LogP contribution in [0.15, 0.2) is 0 Å². The second kappa shape index (κ2) is 7.05. The zero-order valence-corrected chi connectivity index (χ0v) is 12.4. The van der Waals surface area contributed by atoms with E-state index in [1.807, 2.05) is 0 Å². The molecule has 2 aliphatic heterocycles. The summed E-state index contributed by atoms with van der Waals surface area (Å²) in [4.78, 5) is 5.46. The van der Waals surface area contributed by atoms with Crippen molar-refractivity contribution in [1.82, 2.24) is 15.1 Å². The molecule has 1 saturated carbocycles. The Morgan fingerprint density at radius 2 is 1.58 bits per heavy atom. The van der Waals surface area contributed by atoms with Crippen molar-refractivity contribution in [2.24, 2.45) is 0 Å². The summed E-state index contributed by atoms with van der Waals surface area (Å²) in [7, 11) is 0. The first-order chi connectivity index (χ1) is 9.42. The number of hydrogen-bond donors (Lipinski definition) is 1. The predicted octanol–water partition coefficient (Wildman–Crippen LogP) is 2.08. The smallest absolute Gasteiger partial charge is 0.0221 e. The molecule has 3 nitrogen and oxygen atoms in total. The van der Waals surface area contributed by atoms with Crippen LogP contribution >= 0.6 is 0 Å². The van der Waals surface area contributed by atoms with E-state index in [0.717, 1.165) is 12.1 Å². The van der Waals surface area contributed by atoms with Gasteiger partial charge in [-0.3, -0.25) is 4.90 Å². The van der Waals surface area contributed by atoms with Gasteiger partial charge in [0.05, 0.1) is 0 Å². The molecule has 3 rings (SSSR count). The van der Waals surface area contributed by atoms with E-state index in [4.69, 9.17) is 0 Å². The van der Waals surface area contributed by atoms with Gasteiger partial charge >= 0.3 is 0 Å². The second-order valence-corrected chi connectivity index (χ2v) is 6.77. The number of hydrogen-bond acceptors (Lipinski definition) is 3. The summed E-state index contributed by atoms with van der Waals surface area (Å²) in [6, 6.07) is 1.69. The SMILES string of the molecule is C1CCN(CCN2CCCCC2CNC2CC2)CC1. The fourth-order valence-electron chi connectivity index (χ4n) is 3.63. The third-order valence-corrected chi connectivity index (χ3v) is 5.12. The van der Waals surface area contributed by atoms with Crippen LogP contribution < -0.4 is 5.32 Å². The van der Waals surface area contributed by atoms with Gasteiger partial charge in [-0.2, -0.15) is 0 Å². The van der Waals surface area contributed by atoms with E-state index in [1.165, 1.54) is 90.6 Å². The van der Waals surface area contributed by atoms with E-state index in [9.17, 15) is 0 Å². The van der Waals surface area contributed by atoms with Crippen molar-refractivity contribution in [3.05, 3.63) is 0 Å². The molecule has 0 bridgehead atoms. The second-order valence-electron chi connectivity index (χ2n) is 6.77. The highest BCUT2D eigenvalue weighted by Crippen LogP contribution is 2.21. The van der Waals surface area contributed by atoms with Gasteiger partial charge in [0, 0.05) is 31.7 Å². The minimum Gasteiger partial charge on any atom is -0.312 e. The molecule has 3 heteroatoms. The first kappa shape index (κ1) is 13.8. The standard InChI is InChI=1S/C16H31N3/c1-3-9-18(10-4-1)12-13-19-11-5-2-6-16(19)14-17-15-7-8-15/h15-17H,1-14H2. The molecule has 1 unspecified atom stereocenters. The van der Waals surface area contributed by atoms with Crippen LogP contribution in [0.4, 0.5) is 0 Å². The number of nitrogens with zero attached hydrogens (tertiary/aromatic N) is 2. The molecule has 1 aliphatic carbocycles. The molecule has 3 aliphatic rings. The lowest BCUT2D eigenvalue weighted by Gasteiger charge is -2.38. The van der Waals surface area contributed by atoms with Crippen LogP contribution in [-0.2, 0) is 0 Å². The highest BCUT2D eigenvalue weighted by molar-refractivity contribution is 4.86. The zero-order valence-electron chi connectivity index (χ0n) is 12.4. The Morgan fingerprint density at radius 1 is 0.789 bits per heavy atom. The van der Waals surface area contributed by atoms with Gasteiger partial charge in [0.2, 0.25) is 0 Å². The van der Waals surface area contributed by atoms with Crippen molar-refractivity contribution < 1.29 is 0 Å². The van der Waals surface area contributed by atoms with E-state index in [1.54, 1.807) is 0 Å². The molecule has 1 N–H and O–H groups in total.